The first-order chi connectivity index (χ1) is 18.2. The molecule has 2 N–H and O–H groups in total. The van der Waals surface area contributed by atoms with Crippen LogP contribution in [0.15, 0.2) is 72.8 Å². The van der Waals surface area contributed by atoms with Gasteiger partial charge >= 0.3 is 0 Å². The Morgan fingerprint density at radius 2 is 1.76 bits per heavy atom. The number of fused-ring (bicyclic) bond motifs is 1. The molecule has 6 nitrogen and oxygen atoms in total. The van der Waals surface area contributed by atoms with Crippen LogP contribution in [-0.2, 0) is 21.5 Å². The molecule has 0 aliphatic carbocycles. The van der Waals surface area contributed by atoms with Crippen LogP contribution in [0.25, 0.3) is 6.08 Å². The first-order valence-corrected chi connectivity index (χ1v) is 12.8. The van der Waals surface area contributed by atoms with Gasteiger partial charge in [0.25, 0.3) is 5.91 Å². The van der Waals surface area contributed by atoms with Crippen molar-refractivity contribution in [3.8, 4) is 5.75 Å². The van der Waals surface area contributed by atoms with E-state index in [4.69, 9.17) is 4.74 Å². The zero-order valence-corrected chi connectivity index (χ0v) is 22.3. The van der Waals surface area contributed by atoms with Crippen molar-refractivity contribution in [3.63, 3.8) is 0 Å². The molecule has 1 aliphatic heterocycles. The molecular weight excluding hydrogens is 481 g/mol. The van der Waals surface area contributed by atoms with Crippen molar-refractivity contribution >= 4 is 23.6 Å². The van der Waals surface area contributed by atoms with Gasteiger partial charge in [-0.3, -0.25) is 20.4 Å². The van der Waals surface area contributed by atoms with Crippen LogP contribution in [0.2, 0.25) is 0 Å². The van der Waals surface area contributed by atoms with E-state index in [1.54, 1.807) is 13.2 Å². The average molecular weight is 516 g/mol. The third-order valence-corrected chi connectivity index (χ3v) is 6.94. The Labute approximate surface area is 223 Å². The van der Waals surface area contributed by atoms with Gasteiger partial charge in [-0.25, -0.2) is 4.39 Å². The molecule has 1 aliphatic rings. The van der Waals surface area contributed by atoms with Crippen molar-refractivity contribution < 1.29 is 18.7 Å². The Kier molecular flexibility index (Phi) is 8.15. The van der Waals surface area contributed by atoms with Crippen LogP contribution in [-0.4, -0.2) is 25.5 Å². The lowest BCUT2D eigenvalue weighted by molar-refractivity contribution is -0.127. The van der Waals surface area contributed by atoms with Gasteiger partial charge in [0, 0.05) is 24.7 Å². The Bertz CT molecular complexity index is 1320. The predicted molar refractivity (Wildman–Crippen MR) is 148 cm³/mol. The first kappa shape index (κ1) is 26.9. The number of benzene rings is 3. The molecule has 3 aromatic rings. The van der Waals surface area contributed by atoms with Gasteiger partial charge in [0.05, 0.1) is 12.6 Å². The molecule has 38 heavy (non-hydrogen) atoms. The molecule has 0 spiro atoms. The van der Waals surface area contributed by atoms with Gasteiger partial charge in [-0.05, 0) is 84.0 Å². The minimum atomic E-state index is -0.516. The molecular formula is C31H34FN3O3. The van der Waals surface area contributed by atoms with Crippen molar-refractivity contribution in [2.45, 2.75) is 39.2 Å². The van der Waals surface area contributed by atoms with E-state index in [-0.39, 0.29) is 17.6 Å². The summed E-state index contributed by atoms with van der Waals surface area (Å²) in [5.41, 5.74) is 9.54. The second kappa shape index (κ2) is 11.5. The quantitative estimate of drug-likeness (QED) is 0.328. The van der Waals surface area contributed by atoms with E-state index in [1.165, 1.54) is 23.8 Å². The third-order valence-electron chi connectivity index (χ3n) is 6.94. The number of amides is 2. The SMILES string of the molecule is COc1ccc2c(c1)CCN(c1ccc(F)cc1)C2(C)c1ccc(/C=C/C(=O)NNC(=O)CC(C)C)cc1. The summed E-state index contributed by atoms with van der Waals surface area (Å²) in [7, 11) is 1.67. The fourth-order valence-electron chi connectivity index (χ4n) is 4.99. The molecule has 3 aromatic carbocycles. The Morgan fingerprint density at radius 1 is 1.05 bits per heavy atom. The highest BCUT2D eigenvalue weighted by Gasteiger charge is 2.40. The number of nitrogens with one attached hydrogen (secondary N) is 2. The van der Waals surface area contributed by atoms with Crippen molar-refractivity contribution in [1.29, 1.82) is 0 Å². The molecule has 198 valence electrons. The normalized spacial score (nSPS) is 16.8. The van der Waals surface area contributed by atoms with Crippen LogP contribution in [0, 0.1) is 11.7 Å². The molecule has 2 amide bonds. The number of nitrogens with zero attached hydrogens (tertiary/aromatic N) is 1. The molecule has 1 unspecified atom stereocenters. The number of carbonyl (C=O) groups is 2. The topological polar surface area (TPSA) is 70.7 Å². The zero-order valence-electron chi connectivity index (χ0n) is 22.3. The third kappa shape index (κ3) is 5.88. The molecule has 7 heteroatoms. The number of ether oxygens (including phenoxy) is 1. The minimum absolute atomic E-state index is 0.208. The highest BCUT2D eigenvalue weighted by molar-refractivity contribution is 5.93. The highest BCUT2D eigenvalue weighted by atomic mass is 19.1. The van der Waals surface area contributed by atoms with Crippen LogP contribution >= 0.6 is 0 Å². The maximum absolute atomic E-state index is 13.7. The maximum atomic E-state index is 13.7. The fourth-order valence-corrected chi connectivity index (χ4v) is 4.99. The summed E-state index contributed by atoms with van der Waals surface area (Å²) < 4.78 is 19.2. The van der Waals surface area contributed by atoms with Crippen molar-refractivity contribution in [1.82, 2.24) is 10.9 Å². The number of rotatable bonds is 7. The van der Waals surface area contributed by atoms with E-state index >= 15 is 0 Å². The van der Waals surface area contributed by atoms with Gasteiger partial charge in [0.15, 0.2) is 0 Å². The monoisotopic (exact) mass is 515 g/mol. The van der Waals surface area contributed by atoms with Crippen LogP contribution in [0.3, 0.4) is 0 Å². The Balaban J connectivity index is 1.60. The van der Waals surface area contributed by atoms with E-state index in [9.17, 15) is 14.0 Å². The summed E-state index contributed by atoms with van der Waals surface area (Å²) in [6.45, 7) is 6.81. The molecule has 0 saturated heterocycles. The lowest BCUT2D eigenvalue weighted by Crippen LogP contribution is -2.49. The first-order valence-electron chi connectivity index (χ1n) is 12.8. The van der Waals surface area contributed by atoms with Gasteiger partial charge in [0.2, 0.25) is 5.91 Å². The summed E-state index contributed by atoms with van der Waals surface area (Å²) >= 11 is 0. The standard InChI is InChI=1S/C31H34FN3O3/c1-21(2)19-30(37)34-33-29(36)16-7-22-5-8-24(9-6-22)31(3)28-15-14-27(38-4)20-23(28)17-18-35(31)26-12-10-25(32)11-13-26/h5-16,20-21H,17-19H2,1-4H3,(H,33,36)(H,34,37)/b16-7+. The van der Waals surface area contributed by atoms with E-state index in [0.717, 1.165) is 41.1 Å². The van der Waals surface area contributed by atoms with E-state index in [0.29, 0.717) is 6.42 Å². The largest absolute Gasteiger partial charge is 0.497 e. The predicted octanol–water partition coefficient (Wildman–Crippen LogP) is 5.37. The minimum Gasteiger partial charge on any atom is -0.497 e. The molecule has 0 radical (unpaired) electrons. The van der Waals surface area contributed by atoms with Crippen LogP contribution in [0.4, 0.5) is 10.1 Å². The van der Waals surface area contributed by atoms with Crippen molar-refractivity contribution in [3.05, 3.63) is 101 Å². The van der Waals surface area contributed by atoms with Gasteiger partial charge in [-0.2, -0.15) is 0 Å². The number of carbonyl (C=O) groups excluding carboxylic acids is 2. The van der Waals surface area contributed by atoms with E-state index in [1.807, 2.05) is 44.2 Å². The van der Waals surface area contributed by atoms with Gasteiger partial charge < -0.3 is 9.64 Å². The number of hydrogen-bond donors (Lipinski definition) is 2. The molecule has 0 saturated carbocycles. The number of methoxy groups -OCH3 is 1. The average Bonchev–Trinajstić information content (AvgIpc) is 2.91. The Hall–Kier alpha value is -4.13. The van der Waals surface area contributed by atoms with Crippen molar-refractivity contribution in [2.75, 3.05) is 18.6 Å². The Morgan fingerprint density at radius 3 is 2.42 bits per heavy atom. The summed E-state index contributed by atoms with van der Waals surface area (Å²) in [6.07, 6.45) is 4.27. The zero-order chi connectivity index (χ0) is 27.3. The van der Waals surface area contributed by atoms with Gasteiger partial charge in [-0.1, -0.05) is 44.2 Å². The van der Waals surface area contributed by atoms with Gasteiger partial charge in [0.1, 0.15) is 11.6 Å². The molecule has 0 fully saturated rings. The molecule has 0 aromatic heterocycles. The summed E-state index contributed by atoms with van der Waals surface area (Å²) in [6, 6.07) is 20.8. The molecule has 0 bridgehead atoms. The van der Waals surface area contributed by atoms with Crippen LogP contribution < -0.4 is 20.5 Å². The number of anilines is 1. The summed E-state index contributed by atoms with van der Waals surface area (Å²) in [5, 5.41) is 0. The number of hydrazine groups is 1. The lowest BCUT2D eigenvalue weighted by Gasteiger charge is -2.48. The van der Waals surface area contributed by atoms with Crippen molar-refractivity contribution in [2.24, 2.45) is 5.92 Å². The number of halogens is 1. The van der Waals surface area contributed by atoms with Crippen LogP contribution in [0.5, 0.6) is 5.75 Å². The lowest BCUT2D eigenvalue weighted by atomic mass is 9.76. The van der Waals surface area contributed by atoms with E-state index in [2.05, 4.69) is 46.9 Å². The molecule has 4 rings (SSSR count). The molecule has 1 heterocycles. The summed E-state index contributed by atoms with van der Waals surface area (Å²) in [5.74, 6) is 0.129. The smallest absolute Gasteiger partial charge is 0.262 e. The maximum Gasteiger partial charge on any atom is 0.262 e. The molecule has 1 atom stereocenters. The second-order valence-electron chi connectivity index (χ2n) is 10.1. The number of hydrogen-bond acceptors (Lipinski definition) is 4. The fraction of sp³-hybridized carbons (Fsp3) is 0.290. The highest BCUT2D eigenvalue weighted by Crippen LogP contribution is 2.44. The van der Waals surface area contributed by atoms with Gasteiger partial charge in [-0.15, -0.1) is 0 Å². The van der Waals surface area contributed by atoms with E-state index < -0.39 is 11.4 Å². The second-order valence-corrected chi connectivity index (χ2v) is 10.1. The summed E-state index contributed by atoms with van der Waals surface area (Å²) in [4.78, 5) is 26.2. The van der Waals surface area contributed by atoms with Crippen LogP contribution in [0.1, 0.15) is 49.4 Å².